The number of halogens is 1. The maximum Gasteiger partial charge on any atom is 0.191 e. The van der Waals surface area contributed by atoms with Crippen LogP contribution in [-0.2, 0) is 4.74 Å². The number of aliphatic hydroxyl groups is 1. The number of ether oxygens (including phenoxy) is 1. The fourth-order valence-corrected chi connectivity index (χ4v) is 3.08. The standard InChI is InChI=1S/C18H35N3O2.HI/c1-3-19-17(20-11-6-12-23-13-15-8-9-15)21-14-18(2)10-5-4-7-16(18)22;/h15-16,22H,3-14H2,1-2H3,(H2,19,20,21);1H. The van der Waals surface area contributed by atoms with E-state index < -0.39 is 0 Å². The lowest BCUT2D eigenvalue weighted by molar-refractivity contribution is 0.00716. The summed E-state index contributed by atoms with van der Waals surface area (Å²) in [6.45, 7) is 8.40. The van der Waals surface area contributed by atoms with Crippen LogP contribution in [0.2, 0.25) is 0 Å². The Hall–Kier alpha value is -0.0800. The van der Waals surface area contributed by atoms with E-state index in [1.54, 1.807) is 0 Å². The van der Waals surface area contributed by atoms with Gasteiger partial charge in [0, 0.05) is 31.7 Å². The first-order valence-corrected chi connectivity index (χ1v) is 9.42. The van der Waals surface area contributed by atoms with Gasteiger partial charge >= 0.3 is 0 Å². The molecule has 0 spiro atoms. The van der Waals surface area contributed by atoms with Gasteiger partial charge in [0.1, 0.15) is 0 Å². The largest absolute Gasteiger partial charge is 0.392 e. The average molecular weight is 453 g/mol. The third-order valence-electron chi connectivity index (χ3n) is 5.03. The van der Waals surface area contributed by atoms with Crippen LogP contribution >= 0.6 is 24.0 Å². The minimum atomic E-state index is -0.223. The molecule has 0 heterocycles. The molecule has 3 N–H and O–H groups in total. The molecule has 0 aromatic carbocycles. The molecular formula is C18H36IN3O2. The highest BCUT2D eigenvalue weighted by atomic mass is 127. The zero-order valence-electron chi connectivity index (χ0n) is 15.4. The van der Waals surface area contributed by atoms with Crippen LogP contribution in [0.5, 0.6) is 0 Å². The molecule has 2 fully saturated rings. The molecule has 0 amide bonds. The SMILES string of the molecule is CCNC(=NCC1(C)CCCCC1O)NCCCOCC1CC1.I. The van der Waals surface area contributed by atoms with Crippen molar-refractivity contribution < 1.29 is 9.84 Å². The summed E-state index contributed by atoms with van der Waals surface area (Å²) in [5, 5.41) is 16.9. The summed E-state index contributed by atoms with van der Waals surface area (Å²) in [5.74, 6) is 1.69. The van der Waals surface area contributed by atoms with Gasteiger partial charge in [0.05, 0.1) is 12.6 Å². The van der Waals surface area contributed by atoms with Crippen molar-refractivity contribution in [2.75, 3.05) is 32.8 Å². The highest BCUT2D eigenvalue weighted by molar-refractivity contribution is 14.0. The van der Waals surface area contributed by atoms with Crippen molar-refractivity contribution in [3.8, 4) is 0 Å². The third-order valence-corrected chi connectivity index (χ3v) is 5.03. The van der Waals surface area contributed by atoms with E-state index in [-0.39, 0.29) is 35.5 Å². The van der Waals surface area contributed by atoms with E-state index in [0.717, 1.165) is 63.9 Å². The zero-order chi connectivity index (χ0) is 16.5. The molecule has 0 aromatic rings. The van der Waals surface area contributed by atoms with Gasteiger partial charge < -0.3 is 20.5 Å². The molecule has 0 bridgehead atoms. The first-order chi connectivity index (χ1) is 11.1. The van der Waals surface area contributed by atoms with E-state index in [4.69, 9.17) is 9.73 Å². The highest BCUT2D eigenvalue weighted by Gasteiger charge is 2.35. The van der Waals surface area contributed by atoms with Crippen molar-refractivity contribution in [1.82, 2.24) is 10.6 Å². The van der Waals surface area contributed by atoms with Crippen LogP contribution in [-0.4, -0.2) is 50.0 Å². The maximum atomic E-state index is 10.3. The van der Waals surface area contributed by atoms with Crippen molar-refractivity contribution in [2.45, 2.75) is 64.9 Å². The van der Waals surface area contributed by atoms with E-state index in [0.29, 0.717) is 6.54 Å². The molecule has 0 aliphatic heterocycles. The number of rotatable bonds is 9. The van der Waals surface area contributed by atoms with Crippen LogP contribution in [0.1, 0.15) is 58.8 Å². The molecule has 2 aliphatic carbocycles. The van der Waals surface area contributed by atoms with Crippen LogP contribution < -0.4 is 10.6 Å². The van der Waals surface area contributed by atoms with Crippen LogP contribution in [0.25, 0.3) is 0 Å². The van der Waals surface area contributed by atoms with Gasteiger partial charge in [0.25, 0.3) is 0 Å². The summed E-state index contributed by atoms with van der Waals surface area (Å²) in [5.41, 5.74) is -0.0754. The van der Waals surface area contributed by atoms with Crippen LogP contribution in [0.15, 0.2) is 4.99 Å². The minimum Gasteiger partial charge on any atom is -0.392 e. The molecule has 0 aromatic heterocycles. The number of nitrogens with zero attached hydrogens (tertiary/aromatic N) is 1. The Labute approximate surface area is 164 Å². The first-order valence-electron chi connectivity index (χ1n) is 9.42. The molecule has 0 saturated heterocycles. The monoisotopic (exact) mass is 453 g/mol. The van der Waals surface area contributed by atoms with Crippen molar-refractivity contribution in [2.24, 2.45) is 16.3 Å². The van der Waals surface area contributed by atoms with Crippen LogP contribution in [0.4, 0.5) is 0 Å². The fraction of sp³-hybridized carbons (Fsp3) is 0.944. The Bertz CT molecular complexity index is 377. The lowest BCUT2D eigenvalue weighted by Gasteiger charge is -2.37. The molecular weight excluding hydrogens is 417 g/mol. The summed E-state index contributed by atoms with van der Waals surface area (Å²) in [6.07, 6.45) is 7.78. The smallest absolute Gasteiger partial charge is 0.191 e. The summed E-state index contributed by atoms with van der Waals surface area (Å²) < 4.78 is 5.65. The Balaban J connectivity index is 0.00000288. The Morgan fingerprint density at radius 3 is 2.71 bits per heavy atom. The second-order valence-electron chi connectivity index (χ2n) is 7.41. The second kappa shape index (κ2) is 11.5. The van der Waals surface area contributed by atoms with E-state index in [2.05, 4.69) is 24.5 Å². The Kier molecular flexibility index (Phi) is 10.5. The van der Waals surface area contributed by atoms with Crippen molar-refractivity contribution >= 4 is 29.9 Å². The number of aliphatic hydroxyl groups excluding tert-OH is 1. The minimum absolute atomic E-state index is 0. The first kappa shape index (κ1) is 22.0. The predicted octanol–water partition coefficient (Wildman–Crippen LogP) is 2.92. The van der Waals surface area contributed by atoms with E-state index in [9.17, 15) is 5.11 Å². The quantitative estimate of drug-likeness (QED) is 0.218. The molecule has 2 rings (SSSR count). The molecule has 5 nitrogen and oxygen atoms in total. The van der Waals surface area contributed by atoms with Gasteiger partial charge in [-0.05, 0) is 44.9 Å². The number of hydrogen-bond donors (Lipinski definition) is 3. The summed E-state index contributed by atoms with van der Waals surface area (Å²) in [6, 6.07) is 0. The number of nitrogens with one attached hydrogen (secondary N) is 2. The summed E-state index contributed by atoms with van der Waals surface area (Å²) in [4.78, 5) is 4.71. The van der Waals surface area contributed by atoms with E-state index in [1.165, 1.54) is 19.3 Å². The number of aliphatic imine (C=N–C) groups is 1. The Morgan fingerprint density at radius 2 is 2.04 bits per heavy atom. The van der Waals surface area contributed by atoms with E-state index in [1.807, 2.05) is 0 Å². The van der Waals surface area contributed by atoms with E-state index >= 15 is 0 Å². The molecule has 2 unspecified atom stereocenters. The molecule has 2 atom stereocenters. The molecule has 142 valence electrons. The van der Waals surface area contributed by atoms with Crippen molar-refractivity contribution in [3.63, 3.8) is 0 Å². The maximum absolute atomic E-state index is 10.3. The number of guanidine groups is 1. The number of hydrogen-bond acceptors (Lipinski definition) is 3. The van der Waals surface area contributed by atoms with Gasteiger partial charge in [-0.3, -0.25) is 4.99 Å². The van der Waals surface area contributed by atoms with Crippen LogP contribution in [0.3, 0.4) is 0 Å². The molecule has 24 heavy (non-hydrogen) atoms. The fourth-order valence-electron chi connectivity index (χ4n) is 3.08. The zero-order valence-corrected chi connectivity index (χ0v) is 17.7. The highest BCUT2D eigenvalue weighted by Crippen LogP contribution is 2.36. The average Bonchev–Trinajstić information content (AvgIpc) is 3.35. The summed E-state index contributed by atoms with van der Waals surface area (Å²) in [7, 11) is 0. The van der Waals surface area contributed by atoms with Gasteiger partial charge in [0.15, 0.2) is 5.96 Å². The van der Waals surface area contributed by atoms with Gasteiger partial charge in [-0.15, -0.1) is 24.0 Å². The van der Waals surface area contributed by atoms with Crippen molar-refractivity contribution in [3.05, 3.63) is 0 Å². The van der Waals surface area contributed by atoms with Crippen molar-refractivity contribution in [1.29, 1.82) is 0 Å². The summed E-state index contributed by atoms with van der Waals surface area (Å²) >= 11 is 0. The molecule has 0 radical (unpaired) electrons. The predicted molar refractivity (Wildman–Crippen MR) is 110 cm³/mol. The third kappa shape index (κ3) is 7.87. The van der Waals surface area contributed by atoms with Gasteiger partial charge in [-0.25, -0.2) is 0 Å². The van der Waals surface area contributed by atoms with Gasteiger partial charge in [0.2, 0.25) is 0 Å². The second-order valence-corrected chi connectivity index (χ2v) is 7.41. The lowest BCUT2D eigenvalue weighted by Crippen LogP contribution is -2.42. The molecule has 6 heteroatoms. The van der Waals surface area contributed by atoms with Crippen LogP contribution in [0, 0.1) is 11.3 Å². The normalized spacial score (nSPS) is 27.5. The van der Waals surface area contributed by atoms with Gasteiger partial charge in [-0.1, -0.05) is 19.8 Å². The molecule has 2 saturated carbocycles. The Morgan fingerprint density at radius 1 is 1.25 bits per heavy atom. The lowest BCUT2D eigenvalue weighted by atomic mass is 9.73. The topological polar surface area (TPSA) is 65.9 Å². The van der Waals surface area contributed by atoms with Gasteiger partial charge in [-0.2, -0.15) is 0 Å². The molecule has 2 aliphatic rings.